The number of benzene rings is 1. The van der Waals surface area contributed by atoms with Crippen molar-refractivity contribution in [3.8, 4) is 10.6 Å². The lowest BCUT2D eigenvalue weighted by Crippen LogP contribution is -2.70. The fraction of sp³-hybridized carbons (Fsp3) is 0.538. The first-order valence-electron chi connectivity index (χ1n) is 13.0. The van der Waals surface area contributed by atoms with Crippen LogP contribution < -0.4 is 4.90 Å². The molecule has 0 N–H and O–H groups in total. The number of carbonyl (C=O) groups excluding carboxylic acids is 2. The highest BCUT2D eigenvalue weighted by atomic mass is 32.1. The molecule has 3 aromatic rings. The van der Waals surface area contributed by atoms with E-state index in [2.05, 4.69) is 19.4 Å². The van der Waals surface area contributed by atoms with Gasteiger partial charge in [0.1, 0.15) is 16.1 Å². The fourth-order valence-electron chi connectivity index (χ4n) is 4.98. The van der Waals surface area contributed by atoms with Crippen LogP contribution in [-0.4, -0.2) is 76.6 Å². The van der Waals surface area contributed by atoms with Gasteiger partial charge in [-0.15, -0.1) is 11.3 Å². The second-order valence-electron chi connectivity index (χ2n) is 10.8. The van der Waals surface area contributed by atoms with Gasteiger partial charge in [-0.25, -0.2) is 14.6 Å². The Morgan fingerprint density at radius 3 is 2.40 bits per heavy atom. The zero-order valence-electron chi connectivity index (χ0n) is 22.9. The molecular formula is C26H27F5N4O6S. The van der Waals surface area contributed by atoms with Gasteiger partial charge in [0.05, 0.1) is 24.3 Å². The number of hydrogen-bond donors (Lipinski definition) is 0. The number of piperidine rings is 1. The number of amides is 1. The maximum absolute atomic E-state index is 14.4. The van der Waals surface area contributed by atoms with E-state index in [-0.39, 0.29) is 47.9 Å². The van der Waals surface area contributed by atoms with Gasteiger partial charge in [0.2, 0.25) is 0 Å². The molecule has 1 aromatic carbocycles. The predicted molar refractivity (Wildman–Crippen MR) is 139 cm³/mol. The Morgan fingerprint density at radius 1 is 1.14 bits per heavy atom. The molecule has 3 aliphatic heterocycles. The molecule has 6 rings (SSSR count). The first-order chi connectivity index (χ1) is 19.6. The number of anilines is 1. The van der Waals surface area contributed by atoms with Crippen molar-refractivity contribution >= 4 is 40.5 Å². The van der Waals surface area contributed by atoms with Crippen molar-refractivity contribution in [3.05, 3.63) is 29.3 Å². The number of oxazole rings is 1. The van der Waals surface area contributed by atoms with Crippen molar-refractivity contribution in [3.63, 3.8) is 0 Å². The Bertz CT molecular complexity index is 1460. The van der Waals surface area contributed by atoms with Gasteiger partial charge >= 0.3 is 24.3 Å². The van der Waals surface area contributed by atoms with Crippen LogP contribution in [0.2, 0.25) is 0 Å². The van der Waals surface area contributed by atoms with Crippen molar-refractivity contribution in [2.45, 2.75) is 70.2 Å². The SMILES string of the molecule is CCOC(=O)C(F)(F)OC(c1ccc(-c2nccs2)c2oc(N3CC4CC(C3)N4C(=O)OC(C)(C)C)nc12)C(F)(F)F. The van der Waals surface area contributed by atoms with E-state index in [0.29, 0.717) is 11.4 Å². The molecule has 10 nitrogen and oxygen atoms in total. The van der Waals surface area contributed by atoms with Gasteiger partial charge in [0.15, 0.2) is 11.7 Å². The van der Waals surface area contributed by atoms with E-state index in [1.807, 2.05) is 0 Å². The number of fused-ring (bicyclic) bond motifs is 3. The van der Waals surface area contributed by atoms with Gasteiger partial charge in [-0.1, -0.05) is 6.07 Å². The Hall–Kier alpha value is -3.53. The first kappa shape index (κ1) is 29.9. The van der Waals surface area contributed by atoms with Gasteiger partial charge in [-0.3, -0.25) is 9.64 Å². The number of aromatic nitrogens is 2. The minimum absolute atomic E-state index is 0.0631. The average Bonchev–Trinajstić information content (AvgIpc) is 3.56. The third-order valence-electron chi connectivity index (χ3n) is 6.65. The second kappa shape index (κ2) is 10.6. The van der Waals surface area contributed by atoms with Gasteiger partial charge in [0, 0.05) is 30.2 Å². The molecule has 3 fully saturated rings. The van der Waals surface area contributed by atoms with E-state index in [9.17, 15) is 31.5 Å². The van der Waals surface area contributed by atoms with Crippen molar-refractivity contribution in [1.29, 1.82) is 0 Å². The van der Waals surface area contributed by atoms with E-state index in [1.54, 1.807) is 36.0 Å². The number of rotatable bonds is 7. The summed E-state index contributed by atoms with van der Waals surface area (Å²) in [7, 11) is 0. The molecule has 16 heteroatoms. The van der Waals surface area contributed by atoms with Crippen LogP contribution in [0, 0.1) is 0 Å². The molecule has 1 amide bonds. The zero-order valence-corrected chi connectivity index (χ0v) is 23.7. The number of alkyl halides is 5. The summed E-state index contributed by atoms with van der Waals surface area (Å²) in [4.78, 5) is 36.1. The molecule has 228 valence electrons. The molecule has 5 heterocycles. The predicted octanol–water partition coefficient (Wildman–Crippen LogP) is 5.93. The second-order valence-corrected chi connectivity index (χ2v) is 11.7. The van der Waals surface area contributed by atoms with Crippen LogP contribution in [0.3, 0.4) is 0 Å². The molecule has 0 spiro atoms. The van der Waals surface area contributed by atoms with Crippen molar-refractivity contribution in [2.75, 3.05) is 24.6 Å². The van der Waals surface area contributed by atoms with Crippen LogP contribution in [0.4, 0.5) is 32.8 Å². The topological polar surface area (TPSA) is 107 Å². The van der Waals surface area contributed by atoms with E-state index < -0.39 is 48.2 Å². The minimum atomic E-state index is -5.37. The molecule has 2 aromatic heterocycles. The molecule has 2 bridgehead atoms. The number of piperazine rings is 1. The lowest BCUT2D eigenvalue weighted by molar-refractivity contribution is -0.321. The maximum atomic E-state index is 14.4. The lowest BCUT2D eigenvalue weighted by Gasteiger charge is -2.55. The molecule has 42 heavy (non-hydrogen) atoms. The Labute approximate surface area is 240 Å². The maximum Gasteiger partial charge on any atom is 0.457 e. The van der Waals surface area contributed by atoms with Crippen molar-refractivity contribution in [2.24, 2.45) is 0 Å². The summed E-state index contributed by atoms with van der Waals surface area (Å²) in [5, 5.41) is 2.05. The fourth-order valence-corrected chi connectivity index (χ4v) is 5.64. The van der Waals surface area contributed by atoms with Crippen LogP contribution in [0.5, 0.6) is 0 Å². The smallest absolute Gasteiger partial charge is 0.457 e. The Kier molecular flexibility index (Phi) is 7.58. The average molecular weight is 619 g/mol. The van der Waals surface area contributed by atoms with E-state index in [4.69, 9.17) is 9.15 Å². The summed E-state index contributed by atoms with van der Waals surface area (Å²) in [6.45, 7) is 6.51. The number of ether oxygens (including phenoxy) is 3. The molecule has 3 atom stereocenters. The lowest BCUT2D eigenvalue weighted by atomic mass is 9.88. The summed E-state index contributed by atoms with van der Waals surface area (Å²) in [6.07, 6.45) is -11.8. The third-order valence-corrected chi connectivity index (χ3v) is 7.46. The molecule has 0 radical (unpaired) electrons. The van der Waals surface area contributed by atoms with Gasteiger partial charge in [0.25, 0.3) is 6.01 Å². The highest BCUT2D eigenvalue weighted by Crippen LogP contribution is 2.46. The normalized spacial score (nSPS) is 19.9. The van der Waals surface area contributed by atoms with Gasteiger partial charge in [-0.2, -0.15) is 26.9 Å². The Balaban J connectivity index is 1.52. The van der Waals surface area contributed by atoms with Crippen molar-refractivity contribution < 1.29 is 50.2 Å². The van der Waals surface area contributed by atoms with Crippen molar-refractivity contribution in [1.82, 2.24) is 14.9 Å². The van der Waals surface area contributed by atoms with E-state index in [0.717, 1.165) is 6.07 Å². The number of thiazole rings is 1. The van der Waals surface area contributed by atoms with E-state index >= 15 is 0 Å². The van der Waals surface area contributed by atoms with Crippen LogP contribution >= 0.6 is 11.3 Å². The first-order valence-corrected chi connectivity index (χ1v) is 13.9. The highest BCUT2D eigenvalue weighted by molar-refractivity contribution is 7.13. The molecule has 3 aliphatic rings. The largest absolute Gasteiger partial charge is 0.460 e. The Morgan fingerprint density at radius 2 is 1.83 bits per heavy atom. The number of carbonyl (C=O) groups is 2. The number of halogens is 5. The van der Waals surface area contributed by atoms with Gasteiger partial charge in [-0.05, 0) is 40.2 Å². The quantitative estimate of drug-likeness (QED) is 0.235. The zero-order chi connectivity index (χ0) is 30.6. The van der Waals surface area contributed by atoms with Crippen LogP contribution in [0.1, 0.15) is 45.8 Å². The highest BCUT2D eigenvalue weighted by Gasteiger charge is 2.54. The minimum Gasteiger partial charge on any atom is -0.460 e. The standard InChI is InChI=1S/C26H27F5N4O6S/c1-5-38-21(36)26(30,31)40-19(25(27,28)29)15-6-7-16(20-32-8-9-42-20)18-17(15)33-22(39-18)34-11-13-10-14(12-34)35(13)23(37)41-24(2,3)4/h6-9,13-14,19H,5,10-12H2,1-4H3. The molecule has 3 unspecified atom stereocenters. The number of hydrogen-bond acceptors (Lipinski definition) is 10. The third kappa shape index (κ3) is 5.73. The number of esters is 1. The molecule has 0 aliphatic carbocycles. The summed E-state index contributed by atoms with van der Waals surface area (Å²) < 4.78 is 91.2. The van der Waals surface area contributed by atoms with Crippen LogP contribution in [-0.2, 0) is 19.0 Å². The van der Waals surface area contributed by atoms with Crippen LogP contribution in [0.25, 0.3) is 21.7 Å². The van der Waals surface area contributed by atoms with E-state index in [1.165, 1.54) is 30.5 Å². The summed E-state index contributed by atoms with van der Waals surface area (Å²) in [6, 6.07) is 1.63. The molecular weight excluding hydrogens is 591 g/mol. The van der Waals surface area contributed by atoms with Gasteiger partial charge < -0.3 is 18.8 Å². The summed E-state index contributed by atoms with van der Waals surface area (Å²) >= 11 is 1.19. The van der Waals surface area contributed by atoms with Crippen LogP contribution in [0.15, 0.2) is 28.1 Å². The summed E-state index contributed by atoms with van der Waals surface area (Å²) in [5.41, 5.74) is -1.70. The summed E-state index contributed by atoms with van der Waals surface area (Å²) in [5.74, 6) is -2.25. The monoisotopic (exact) mass is 618 g/mol. The molecule has 0 saturated carbocycles. The number of nitrogens with zero attached hydrogens (tertiary/aromatic N) is 4. The molecule has 3 saturated heterocycles.